The van der Waals surface area contributed by atoms with Gasteiger partial charge in [0.15, 0.2) is 0 Å². The number of piperazine rings is 3. The van der Waals surface area contributed by atoms with Crippen LogP contribution in [-0.2, 0) is 28.6 Å². The second-order valence-corrected chi connectivity index (χ2v) is 32.7. The molecule has 6 aromatic carbocycles. The highest BCUT2D eigenvalue weighted by atomic mass is 35.5. The second-order valence-electron chi connectivity index (χ2n) is 28.0. The highest BCUT2D eigenvalue weighted by molar-refractivity contribution is 8.00. The van der Waals surface area contributed by atoms with Crippen molar-refractivity contribution in [3.05, 3.63) is 191 Å². The Hall–Kier alpha value is -8.56. The zero-order valence-corrected chi connectivity index (χ0v) is 67.7. The Morgan fingerprint density at radius 3 is 1.10 bits per heavy atom. The molecular weight excluding hydrogens is 1610 g/mol. The molecule has 3 saturated heterocycles. The van der Waals surface area contributed by atoms with Gasteiger partial charge in [0.2, 0.25) is 17.7 Å². The molecule has 3 amide bonds. The molecule has 6 aliphatic rings. The van der Waals surface area contributed by atoms with Crippen LogP contribution < -0.4 is 31.8 Å². The van der Waals surface area contributed by atoms with E-state index in [2.05, 4.69) is 34.7 Å². The molecule has 0 saturated carbocycles. The minimum atomic E-state index is -0.878. The number of rotatable bonds is 15. The van der Waals surface area contributed by atoms with Crippen molar-refractivity contribution in [3.63, 3.8) is 0 Å². The van der Waals surface area contributed by atoms with Gasteiger partial charge in [0.25, 0.3) is 0 Å². The molecule has 0 N–H and O–H groups in total. The molecule has 9 aromatic rings. The first-order chi connectivity index (χ1) is 54.1. The van der Waals surface area contributed by atoms with Crippen molar-refractivity contribution < 1.29 is 54.9 Å². The summed E-state index contributed by atoms with van der Waals surface area (Å²) in [7, 11) is 4.69. The number of methoxy groups -OCH3 is 3. The summed E-state index contributed by atoms with van der Waals surface area (Å²) in [6.45, 7) is 23.0. The highest BCUT2D eigenvalue weighted by Gasteiger charge is 2.40. The number of ether oxygens (including phenoxy) is 3. The number of aromatic nitrogens is 6. The third kappa shape index (κ3) is 15.6. The average Bonchev–Trinajstić information content (AvgIpc) is 0.725. The summed E-state index contributed by atoms with van der Waals surface area (Å²) in [5.74, 6) is -2.21. The van der Waals surface area contributed by atoms with Crippen LogP contribution in [-0.4, -0.2) is 196 Å². The Kier molecular flexibility index (Phi) is 24.9. The number of halogens is 10. The first-order valence-corrected chi connectivity index (χ1v) is 40.4. The maximum Gasteiger partial charge on any atom is 0.350 e. The molecule has 15 rings (SSSR count). The minimum Gasteiger partial charge on any atom is -0.383 e. The number of nitrogens with zero attached hydrogens (tertiary/aromatic N) is 12. The normalized spacial score (nSPS) is 19.9. The van der Waals surface area contributed by atoms with E-state index in [4.69, 9.17) is 60.6 Å². The van der Waals surface area contributed by atoms with Gasteiger partial charge >= 0.3 is 17.1 Å². The van der Waals surface area contributed by atoms with Crippen molar-refractivity contribution >= 4 is 150 Å². The molecule has 21 nitrogen and oxygen atoms in total. The zero-order valence-electron chi connectivity index (χ0n) is 62.2. The number of hydrogen-bond donors (Lipinski definition) is 0. The molecule has 6 aliphatic heterocycles. The van der Waals surface area contributed by atoms with Crippen LogP contribution >= 0.6 is 81.7 Å². The maximum atomic E-state index is 15.1. The quantitative estimate of drug-likeness (QED) is 0.0532. The van der Waals surface area contributed by atoms with Gasteiger partial charge in [-0.1, -0.05) is 66.1 Å². The Balaban J connectivity index is 0.000000148. The fourth-order valence-electron chi connectivity index (χ4n) is 16.0. The van der Waals surface area contributed by atoms with Crippen LogP contribution in [0, 0.1) is 34.9 Å². The van der Waals surface area contributed by atoms with Gasteiger partial charge in [-0.25, -0.2) is 40.7 Å². The average molecular weight is 1690 g/mol. The molecule has 34 heteroatoms. The second kappa shape index (κ2) is 34.1. The molecule has 594 valence electrons. The van der Waals surface area contributed by atoms with Gasteiger partial charge in [0.05, 0.1) is 74.6 Å². The first-order valence-electron chi connectivity index (χ1n) is 35.9. The van der Waals surface area contributed by atoms with Gasteiger partial charge in [0.1, 0.15) is 52.4 Å². The summed E-state index contributed by atoms with van der Waals surface area (Å²) in [6, 6.07) is 12.2. The van der Waals surface area contributed by atoms with E-state index in [1.54, 1.807) is 67.9 Å². The molecular formula is C79H76Cl4F6N12O9S3. The lowest BCUT2D eigenvalue weighted by Gasteiger charge is -2.45. The maximum absolute atomic E-state index is 15.1. The predicted molar refractivity (Wildman–Crippen MR) is 434 cm³/mol. The summed E-state index contributed by atoms with van der Waals surface area (Å²) in [4.78, 5) is 104. The van der Waals surface area contributed by atoms with E-state index in [9.17, 15) is 50.7 Å². The third-order valence-electron chi connectivity index (χ3n) is 20.8. The number of benzene rings is 6. The van der Waals surface area contributed by atoms with Crippen molar-refractivity contribution in [1.82, 2.24) is 43.4 Å². The monoisotopic (exact) mass is 1690 g/mol. The zero-order chi connectivity index (χ0) is 81.0. The lowest BCUT2D eigenvalue weighted by atomic mass is 10.0. The fourth-order valence-corrected chi connectivity index (χ4v) is 21.2. The van der Waals surface area contributed by atoms with Crippen molar-refractivity contribution in [2.75, 3.05) is 125 Å². The predicted octanol–water partition coefficient (Wildman–Crippen LogP) is 14.6. The van der Waals surface area contributed by atoms with Gasteiger partial charge in [-0.3, -0.25) is 28.1 Å². The van der Waals surface area contributed by atoms with E-state index in [1.165, 1.54) is 83.8 Å². The van der Waals surface area contributed by atoms with Crippen molar-refractivity contribution in [1.29, 1.82) is 0 Å². The summed E-state index contributed by atoms with van der Waals surface area (Å²) < 4.78 is 107. The molecule has 0 radical (unpaired) electrons. The Bertz CT molecular complexity index is 5560. The molecule has 3 fully saturated rings. The molecule has 7 atom stereocenters. The number of carbonyl (C=O) groups excluding carboxylic acids is 3. The number of thioether (sulfide) groups is 3. The Morgan fingerprint density at radius 2 is 0.770 bits per heavy atom. The van der Waals surface area contributed by atoms with Crippen LogP contribution in [0.2, 0.25) is 20.1 Å². The lowest BCUT2D eigenvalue weighted by molar-refractivity contribution is -0.131. The SMILES string of the molecule is C=CC(=O)N1CCN(c2nc(=O)n3c4c(c(-c5ccc(F)cc5F)c(Cl)cc24)SCC3COC)CC1.C=CC(=O)N1[C@H](C)CN(c2nc(=O)n3c4c(c(-c5cc(Cl)c(F)cc5F)c(Cl)cc24)SCC3COC)C[C@@H]1C.C=CC(=O)N1[C@H](C)CN(c2nc(=O)n3c4c(c(-c5ccc(F)cc5F)c(Cl)cc24)SCC3COC)C[C@@H]1C. The Morgan fingerprint density at radius 1 is 0.442 bits per heavy atom. The van der Waals surface area contributed by atoms with Crippen LogP contribution in [0.25, 0.3) is 66.1 Å². The van der Waals surface area contributed by atoms with E-state index in [-0.39, 0.29) is 103 Å². The van der Waals surface area contributed by atoms with E-state index < -0.39 is 52.0 Å². The molecule has 113 heavy (non-hydrogen) atoms. The van der Waals surface area contributed by atoms with E-state index in [0.717, 1.165) is 18.2 Å². The number of anilines is 3. The molecule has 0 spiro atoms. The van der Waals surface area contributed by atoms with Crippen molar-refractivity contribution in [2.24, 2.45) is 0 Å². The van der Waals surface area contributed by atoms with Crippen LogP contribution in [0.4, 0.5) is 43.8 Å². The van der Waals surface area contributed by atoms with Crippen LogP contribution in [0.1, 0.15) is 45.8 Å². The van der Waals surface area contributed by atoms with Crippen LogP contribution in [0.15, 0.2) is 134 Å². The summed E-state index contributed by atoms with van der Waals surface area (Å²) in [5.41, 5.74) is 1.86. The van der Waals surface area contributed by atoms with Gasteiger partial charge in [-0.15, -0.1) is 35.3 Å². The minimum absolute atomic E-state index is 0.0390. The van der Waals surface area contributed by atoms with Crippen molar-refractivity contribution in [3.8, 4) is 33.4 Å². The van der Waals surface area contributed by atoms with Gasteiger partial charge in [-0.05, 0) is 94.5 Å². The highest BCUT2D eigenvalue weighted by Crippen LogP contribution is 2.52. The molecule has 3 unspecified atom stereocenters. The topological polar surface area (TPSA) is 203 Å². The summed E-state index contributed by atoms with van der Waals surface area (Å²) in [5, 5.41) is 2.43. The van der Waals surface area contributed by atoms with Gasteiger partial charge in [0, 0.05) is 198 Å². The van der Waals surface area contributed by atoms with Crippen LogP contribution in [0.3, 0.4) is 0 Å². The largest absolute Gasteiger partial charge is 0.383 e. The molecule has 0 bridgehead atoms. The van der Waals surface area contributed by atoms with E-state index in [0.29, 0.717) is 164 Å². The Labute approximate surface area is 678 Å². The number of amides is 3. The number of hydrogen-bond acceptors (Lipinski definition) is 18. The molecule has 3 aromatic heterocycles. The third-order valence-corrected chi connectivity index (χ3v) is 25.7. The van der Waals surface area contributed by atoms with Gasteiger partial charge < -0.3 is 43.6 Å². The smallest absolute Gasteiger partial charge is 0.350 e. The standard InChI is InChI=1S/C27H26Cl2F2N4O3S.C27H27ClF2N4O3S.C25H23ClF2N4O3S/c1-5-22(36)34-13(2)9-33(10-14(34)3)26-17-7-19(29)23(16-6-18(28)21(31)8-20(16)30)25-24(17)35(27(37)32-26)15(11-38-4)12-39-25;1-5-22(35)33-14(2)10-32(11-15(33)3)26-19-9-20(28)23(18-7-6-16(29)8-21(18)30)25-24(19)34(27(36)31-26)17(12-37-4)13-38-25;1-3-20(33)30-6-8-31(9-7-30)24-17-11-18(26)21(16-5-4-14(27)10-19(16)28)23-22(17)32(25(34)29-24)15(12-35-2)13-36-23/h5-8,13-15H,1,9-12H2,2-4H3;5-9,14-15,17H,1,10-13H2,2-4H3;3-5,10-11,15H,1,6-9,12-13H2,2H3/t13-,14+,15?;14-,15+,17?;. The summed E-state index contributed by atoms with van der Waals surface area (Å²) in [6.07, 6.45) is 3.88. The molecule has 9 heterocycles. The van der Waals surface area contributed by atoms with Crippen molar-refractivity contribution in [2.45, 2.75) is 84.7 Å². The van der Waals surface area contributed by atoms with Crippen LogP contribution in [0.5, 0.6) is 0 Å². The van der Waals surface area contributed by atoms with E-state index in [1.807, 2.05) is 42.4 Å². The molecule has 0 aliphatic carbocycles. The number of carbonyl (C=O) groups is 3. The lowest BCUT2D eigenvalue weighted by Crippen LogP contribution is -2.58. The summed E-state index contributed by atoms with van der Waals surface area (Å²) >= 11 is 30.7. The van der Waals surface area contributed by atoms with Gasteiger partial charge in [-0.2, -0.15) is 15.0 Å². The first kappa shape index (κ1) is 82.4. The fraction of sp³-hybridized carbons (Fsp3) is 0.354. The van der Waals surface area contributed by atoms with E-state index >= 15 is 4.39 Å².